The average molecular weight is 292 g/mol. The summed E-state index contributed by atoms with van der Waals surface area (Å²) in [6.07, 6.45) is 0.844. The smallest absolute Gasteiger partial charge is 0.343 e. The molecule has 1 aliphatic heterocycles. The molecule has 2 unspecified atom stereocenters. The summed E-state index contributed by atoms with van der Waals surface area (Å²) in [6, 6.07) is 9.52. The van der Waals surface area contributed by atoms with Crippen LogP contribution in [0.4, 0.5) is 0 Å². The standard InChI is InChI=1S/C17H24O4/c1-5-19-15(18)17(13-9-7-6-8-10-13)12-11-14(21-17)20-16(2,3)4/h6-10,14H,5,11-12H2,1-4H3. The van der Waals surface area contributed by atoms with E-state index in [2.05, 4.69) is 0 Å². The van der Waals surface area contributed by atoms with Gasteiger partial charge in [0.1, 0.15) is 0 Å². The van der Waals surface area contributed by atoms with Gasteiger partial charge in [-0.05, 0) is 39.7 Å². The number of esters is 1. The Morgan fingerprint density at radius 2 is 2.00 bits per heavy atom. The molecular formula is C17H24O4. The van der Waals surface area contributed by atoms with Crippen molar-refractivity contribution in [2.24, 2.45) is 0 Å². The molecule has 1 saturated heterocycles. The van der Waals surface area contributed by atoms with E-state index in [1.54, 1.807) is 6.92 Å². The molecule has 0 bridgehead atoms. The molecule has 4 nitrogen and oxygen atoms in total. The lowest BCUT2D eigenvalue weighted by Gasteiger charge is -2.29. The molecule has 2 rings (SSSR count). The Hall–Kier alpha value is -1.39. The summed E-state index contributed by atoms with van der Waals surface area (Å²) in [5.41, 5.74) is -0.539. The van der Waals surface area contributed by atoms with Crippen LogP contribution in [-0.2, 0) is 24.6 Å². The molecular weight excluding hydrogens is 268 g/mol. The summed E-state index contributed by atoms with van der Waals surface area (Å²) in [4.78, 5) is 12.5. The number of hydrogen-bond acceptors (Lipinski definition) is 4. The number of ether oxygens (including phenoxy) is 3. The van der Waals surface area contributed by atoms with E-state index < -0.39 is 11.9 Å². The first-order valence-electron chi connectivity index (χ1n) is 7.46. The molecule has 0 spiro atoms. The molecule has 21 heavy (non-hydrogen) atoms. The van der Waals surface area contributed by atoms with Crippen LogP contribution in [-0.4, -0.2) is 24.5 Å². The van der Waals surface area contributed by atoms with Crippen LogP contribution in [0.25, 0.3) is 0 Å². The Balaban J connectivity index is 2.26. The highest BCUT2D eigenvalue weighted by Crippen LogP contribution is 2.41. The summed E-state index contributed by atoms with van der Waals surface area (Å²) in [5, 5.41) is 0. The van der Waals surface area contributed by atoms with Crippen LogP contribution in [0, 0.1) is 0 Å². The highest BCUT2D eigenvalue weighted by atomic mass is 16.7. The van der Waals surface area contributed by atoms with Gasteiger partial charge in [-0.2, -0.15) is 0 Å². The summed E-state index contributed by atoms with van der Waals surface area (Å²) in [6.45, 7) is 8.06. The van der Waals surface area contributed by atoms with Crippen molar-refractivity contribution in [3.63, 3.8) is 0 Å². The lowest BCUT2D eigenvalue weighted by atomic mass is 9.91. The third-order valence-corrected chi connectivity index (χ3v) is 3.39. The van der Waals surface area contributed by atoms with Crippen LogP contribution in [0.3, 0.4) is 0 Å². The van der Waals surface area contributed by atoms with Crippen LogP contribution in [0.2, 0.25) is 0 Å². The van der Waals surface area contributed by atoms with E-state index in [4.69, 9.17) is 14.2 Å². The topological polar surface area (TPSA) is 44.8 Å². The maximum atomic E-state index is 12.5. The van der Waals surface area contributed by atoms with Gasteiger partial charge in [-0.15, -0.1) is 0 Å². The molecule has 1 aliphatic rings. The molecule has 1 fully saturated rings. The second-order valence-corrected chi connectivity index (χ2v) is 6.23. The predicted octanol–water partition coefficient (Wildman–Crippen LogP) is 3.40. The maximum Gasteiger partial charge on any atom is 0.343 e. The first-order valence-corrected chi connectivity index (χ1v) is 7.46. The SMILES string of the molecule is CCOC(=O)C1(c2ccccc2)CCC(OC(C)(C)C)O1. The molecule has 0 aromatic heterocycles. The van der Waals surface area contributed by atoms with Crippen molar-refractivity contribution in [1.82, 2.24) is 0 Å². The third kappa shape index (κ3) is 3.63. The van der Waals surface area contributed by atoms with Gasteiger partial charge in [0, 0.05) is 6.42 Å². The zero-order valence-corrected chi connectivity index (χ0v) is 13.2. The Bertz CT molecular complexity index is 477. The number of benzene rings is 1. The molecule has 1 heterocycles. The van der Waals surface area contributed by atoms with E-state index >= 15 is 0 Å². The zero-order valence-electron chi connectivity index (χ0n) is 13.2. The normalized spacial score (nSPS) is 25.8. The largest absolute Gasteiger partial charge is 0.464 e. The third-order valence-electron chi connectivity index (χ3n) is 3.39. The minimum Gasteiger partial charge on any atom is -0.464 e. The van der Waals surface area contributed by atoms with E-state index in [0.717, 1.165) is 5.56 Å². The monoisotopic (exact) mass is 292 g/mol. The minimum atomic E-state index is -1.05. The maximum absolute atomic E-state index is 12.5. The van der Waals surface area contributed by atoms with Gasteiger partial charge in [0.15, 0.2) is 11.9 Å². The van der Waals surface area contributed by atoms with Crippen molar-refractivity contribution in [3.8, 4) is 0 Å². The number of carbonyl (C=O) groups is 1. The first-order chi connectivity index (χ1) is 9.87. The van der Waals surface area contributed by atoms with Crippen molar-refractivity contribution >= 4 is 5.97 Å². The molecule has 1 aromatic rings. The van der Waals surface area contributed by atoms with E-state index in [0.29, 0.717) is 19.4 Å². The quantitative estimate of drug-likeness (QED) is 0.798. The lowest BCUT2D eigenvalue weighted by Crippen LogP contribution is -2.39. The molecule has 0 saturated carbocycles. The lowest BCUT2D eigenvalue weighted by molar-refractivity contribution is -0.223. The zero-order chi connectivity index (χ0) is 15.5. The van der Waals surface area contributed by atoms with Crippen molar-refractivity contribution in [3.05, 3.63) is 35.9 Å². The van der Waals surface area contributed by atoms with Gasteiger partial charge in [0.2, 0.25) is 0 Å². The second kappa shape index (κ2) is 6.16. The highest BCUT2D eigenvalue weighted by Gasteiger charge is 2.50. The molecule has 116 valence electrons. The van der Waals surface area contributed by atoms with Gasteiger partial charge >= 0.3 is 5.97 Å². The number of hydrogen-bond donors (Lipinski definition) is 0. The van der Waals surface area contributed by atoms with Gasteiger partial charge in [0.25, 0.3) is 0 Å². The van der Waals surface area contributed by atoms with Gasteiger partial charge in [-0.3, -0.25) is 0 Å². The Labute approximate surface area is 126 Å². The second-order valence-electron chi connectivity index (χ2n) is 6.23. The van der Waals surface area contributed by atoms with Gasteiger partial charge in [-0.1, -0.05) is 30.3 Å². The Morgan fingerprint density at radius 1 is 1.33 bits per heavy atom. The Kier molecular flexibility index (Phi) is 4.69. The van der Waals surface area contributed by atoms with Crippen LogP contribution in [0.15, 0.2) is 30.3 Å². The highest BCUT2D eigenvalue weighted by molar-refractivity contribution is 5.81. The molecule has 0 N–H and O–H groups in total. The molecule has 0 amide bonds. The van der Waals surface area contributed by atoms with E-state index in [9.17, 15) is 4.79 Å². The van der Waals surface area contributed by atoms with Crippen LogP contribution >= 0.6 is 0 Å². The molecule has 1 aromatic carbocycles. The Morgan fingerprint density at radius 3 is 2.57 bits per heavy atom. The van der Waals surface area contributed by atoms with Crippen molar-refractivity contribution < 1.29 is 19.0 Å². The fraction of sp³-hybridized carbons (Fsp3) is 0.588. The van der Waals surface area contributed by atoms with Crippen molar-refractivity contribution in [2.45, 2.75) is 58.0 Å². The number of rotatable bonds is 4. The summed E-state index contributed by atoms with van der Waals surface area (Å²) >= 11 is 0. The van der Waals surface area contributed by atoms with Crippen molar-refractivity contribution in [2.75, 3.05) is 6.61 Å². The summed E-state index contributed by atoms with van der Waals surface area (Å²) in [5.74, 6) is -0.337. The predicted molar refractivity (Wildman–Crippen MR) is 79.7 cm³/mol. The van der Waals surface area contributed by atoms with Crippen LogP contribution < -0.4 is 0 Å². The first kappa shape index (κ1) is 16.0. The van der Waals surface area contributed by atoms with Crippen LogP contribution in [0.5, 0.6) is 0 Å². The van der Waals surface area contributed by atoms with Crippen LogP contribution in [0.1, 0.15) is 46.1 Å². The van der Waals surface area contributed by atoms with E-state index in [-0.39, 0.29) is 11.6 Å². The minimum absolute atomic E-state index is 0.313. The fourth-order valence-corrected chi connectivity index (χ4v) is 2.58. The van der Waals surface area contributed by atoms with E-state index in [1.807, 2.05) is 51.1 Å². The van der Waals surface area contributed by atoms with E-state index in [1.165, 1.54) is 0 Å². The van der Waals surface area contributed by atoms with Gasteiger partial charge < -0.3 is 14.2 Å². The molecule has 0 radical (unpaired) electrons. The average Bonchev–Trinajstić information content (AvgIpc) is 2.83. The van der Waals surface area contributed by atoms with Crippen molar-refractivity contribution in [1.29, 1.82) is 0 Å². The number of carbonyl (C=O) groups excluding carboxylic acids is 1. The molecule has 0 aliphatic carbocycles. The molecule has 4 heteroatoms. The fourth-order valence-electron chi connectivity index (χ4n) is 2.58. The van der Waals surface area contributed by atoms with Gasteiger partial charge in [0.05, 0.1) is 12.2 Å². The summed E-state index contributed by atoms with van der Waals surface area (Å²) < 4.78 is 17.1. The van der Waals surface area contributed by atoms with Gasteiger partial charge in [-0.25, -0.2) is 4.79 Å². The molecule has 2 atom stereocenters. The summed E-state index contributed by atoms with van der Waals surface area (Å²) in [7, 11) is 0.